The molecular formula is C15H14ClF3N2O3. The molecule has 0 unspecified atom stereocenters. The van der Waals surface area contributed by atoms with Crippen molar-refractivity contribution in [3.05, 3.63) is 46.1 Å². The number of nitrogens with zero attached hydrogens (tertiary/aromatic N) is 1. The molecule has 130 valence electrons. The molecule has 0 radical (unpaired) electrons. The number of ether oxygens (including phenoxy) is 1. The number of nitrogens with one attached hydrogen (secondary N) is 1. The van der Waals surface area contributed by atoms with E-state index in [0.29, 0.717) is 15.5 Å². The smallest absolute Gasteiger partial charge is 0.406 e. The predicted molar refractivity (Wildman–Crippen MR) is 80.2 cm³/mol. The summed E-state index contributed by atoms with van der Waals surface area (Å²) in [6.45, 7) is -0.234. The fourth-order valence-electron chi connectivity index (χ4n) is 2.46. The van der Waals surface area contributed by atoms with E-state index in [9.17, 15) is 22.8 Å². The Morgan fingerprint density at radius 3 is 2.62 bits per heavy atom. The van der Waals surface area contributed by atoms with Crippen molar-refractivity contribution < 1.29 is 27.5 Å². The Hall–Kier alpha value is -2.22. The first-order chi connectivity index (χ1) is 11.1. The maximum atomic E-state index is 12.7. The van der Waals surface area contributed by atoms with Gasteiger partial charge in [0.05, 0.1) is 18.7 Å². The Morgan fingerprint density at radius 1 is 1.42 bits per heavy atom. The van der Waals surface area contributed by atoms with Crippen molar-refractivity contribution in [1.82, 2.24) is 10.2 Å². The molecule has 24 heavy (non-hydrogen) atoms. The van der Waals surface area contributed by atoms with Gasteiger partial charge in [0.2, 0.25) is 0 Å². The van der Waals surface area contributed by atoms with E-state index in [4.69, 9.17) is 11.6 Å². The molecule has 1 atom stereocenters. The van der Waals surface area contributed by atoms with Crippen molar-refractivity contribution in [2.45, 2.75) is 19.1 Å². The van der Waals surface area contributed by atoms with E-state index in [2.05, 4.69) is 10.1 Å². The van der Waals surface area contributed by atoms with Crippen LogP contribution < -0.4 is 5.32 Å². The van der Waals surface area contributed by atoms with Crippen LogP contribution in [0.25, 0.3) is 0 Å². The number of methoxy groups -OCH3 is 1. The molecule has 0 bridgehead atoms. The molecule has 0 fully saturated rings. The number of hydrogen-bond donors (Lipinski definition) is 1. The number of esters is 1. The Labute approximate surface area is 141 Å². The van der Waals surface area contributed by atoms with Crippen LogP contribution in [0.1, 0.15) is 18.5 Å². The maximum Gasteiger partial charge on any atom is 0.406 e. The number of amides is 2. The highest BCUT2D eigenvalue weighted by molar-refractivity contribution is 6.30. The molecule has 2 amide bonds. The first-order valence-corrected chi connectivity index (χ1v) is 7.21. The van der Waals surface area contributed by atoms with Crippen LogP contribution in [0.15, 0.2) is 35.5 Å². The summed E-state index contributed by atoms with van der Waals surface area (Å²) >= 11 is 5.91. The molecule has 1 aliphatic heterocycles. The van der Waals surface area contributed by atoms with Crippen LogP contribution >= 0.6 is 11.6 Å². The molecule has 0 spiro atoms. The van der Waals surface area contributed by atoms with Gasteiger partial charge in [0, 0.05) is 10.7 Å². The number of hydrogen-bond acceptors (Lipinski definition) is 3. The number of rotatable bonds is 3. The van der Waals surface area contributed by atoms with Crippen LogP contribution in [0, 0.1) is 0 Å². The van der Waals surface area contributed by atoms with Gasteiger partial charge in [0.1, 0.15) is 6.54 Å². The maximum absolute atomic E-state index is 12.7. The summed E-state index contributed by atoms with van der Waals surface area (Å²) in [6, 6.07) is 4.42. The van der Waals surface area contributed by atoms with Crippen LogP contribution in [0.3, 0.4) is 0 Å². The van der Waals surface area contributed by atoms with Gasteiger partial charge in [-0.25, -0.2) is 9.59 Å². The van der Waals surface area contributed by atoms with E-state index >= 15 is 0 Å². The molecule has 1 heterocycles. The van der Waals surface area contributed by atoms with Crippen LogP contribution in [-0.2, 0) is 9.53 Å². The normalized spacial score (nSPS) is 18.5. The second-order valence-electron chi connectivity index (χ2n) is 5.13. The number of carbonyl (C=O) groups excluding carboxylic acids is 2. The molecule has 9 heteroatoms. The van der Waals surface area contributed by atoms with Gasteiger partial charge >= 0.3 is 18.2 Å². The minimum Gasteiger partial charge on any atom is -0.466 e. The highest BCUT2D eigenvalue weighted by atomic mass is 35.5. The minimum atomic E-state index is -4.61. The van der Waals surface area contributed by atoms with Gasteiger partial charge in [-0.05, 0) is 24.6 Å². The van der Waals surface area contributed by atoms with E-state index < -0.39 is 30.8 Å². The third-order valence-electron chi connectivity index (χ3n) is 3.52. The molecule has 2 rings (SSSR count). The monoisotopic (exact) mass is 362 g/mol. The van der Waals surface area contributed by atoms with Gasteiger partial charge in [-0.2, -0.15) is 13.2 Å². The Morgan fingerprint density at radius 2 is 2.08 bits per heavy atom. The van der Waals surface area contributed by atoms with E-state index in [0.717, 1.165) is 7.11 Å². The summed E-state index contributed by atoms with van der Waals surface area (Å²) in [7, 11) is 1.11. The van der Waals surface area contributed by atoms with Crippen LogP contribution in [0.2, 0.25) is 5.02 Å². The van der Waals surface area contributed by atoms with Crippen molar-refractivity contribution >= 4 is 23.6 Å². The third-order valence-corrected chi connectivity index (χ3v) is 3.76. The zero-order valence-electron chi connectivity index (χ0n) is 12.8. The highest BCUT2D eigenvalue weighted by Gasteiger charge is 2.41. The van der Waals surface area contributed by atoms with Gasteiger partial charge in [-0.15, -0.1) is 0 Å². The number of urea groups is 1. The van der Waals surface area contributed by atoms with Gasteiger partial charge in [-0.1, -0.05) is 23.7 Å². The molecule has 1 aromatic rings. The Kier molecular flexibility index (Phi) is 5.08. The standard InChI is InChI=1S/C15H14ClF3N2O3/c1-8-11(13(22)24-2)12(9-4-3-5-10(16)6-9)20-14(23)21(8)7-15(17,18)19/h3-6,12H,7H2,1-2H3,(H,20,23)/t12-/m1/s1. The second-order valence-corrected chi connectivity index (χ2v) is 5.57. The average Bonchev–Trinajstić information content (AvgIpc) is 2.49. The van der Waals surface area contributed by atoms with Crippen molar-refractivity contribution in [2.75, 3.05) is 13.7 Å². The topological polar surface area (TPSA) is 58.6 Å². The Bertz CT molecular complexity index is 703. The first kappa shape index (κ1) is 18.1. The average molecular weight is 363 g/mol. The second kappa shape index (κ2) is 6.72. The van der Waals surface area contributed by atoms with Crippen molar-refractivity contribution in [3.63, 3.8) is 0 Å². The summed E-state index contributed by atoms with van der Waals surface area (Å²) < 4.78 is 42.7. The zero-order valence-corrected chi connectivity index (χ0v) is 13.5. The zero-order chi connectivity index (χ0) is 18.1. The SMILES string of the molecule is COC(=O)C1=C(C)N(CC(F)(F)F)C(=O)N[C@@H]1c1cccc(Cl)c1. The van der Waals surface area contributed by atoms with Gasteiger partial charge < -0.3 is 10.1 Å². The number of carbonyl (C=O) groups is 2. The number of halogens is 4. The van der Waals surface area contributed by atoms with Gasteiger partial charge in [-0.3, -0.25) is 4.90 Å². The van der Waals surface area contributed by atoms with Crippen LogP contribution in [-0.4, -0.2) is 36.7 Å². The summed E-state index contributed by atoms with van der Waals surface area (Å²) in [4.78, 5) is 24.7. The molecule has 1 aromatic carbocycles. The molecule has 0 saturated carbocycles. The Balaban J connectivity index is 2.53. The molecule has 1 aliphatic rings. The molecular weight excluding hydrogens is 349 g/mol. The lowest BCUT2D eigenvalue weighted by molar-refractivity contribution is -0.140. The summed E-state index contributed by atoms with van der Waals surface area (Å²) in [5, 5.41) is 2.76. The lowest BCUT2D eigenvalue weighted by atomic mass is 9.95. The lowest BCUT2D eigenvalue weighted by Gasteiger charge is -2.35. The summed E-state index contributed by atoms with van der Waals surface area (Å²) in [5.74, 6) is -0.829. The minimum absolute atomic E-state index is 0.0800. The lowest BCUT2D eigenvalue weighted by Crippen LogP contribution is -2.50. The third kappa shape index (κ3) is 3.81. The van der Waals surface area contributed by atoms with E-state index in [1.54, 1.807) is 18.2 Å². The van der Waals surface area contributed by atoms with Gasteiger partial charge in [0.15, 0.2) is 0 Å². The van der Waals surface area contributed by atoms with Crippen molar-refractivity contribution in [3.8, 4) is 0 Å². The number of benzene rings is 1. The molecule has 5 nitrogen and oxygen atoms in total. The van der Waals surface area contributed by atoms with E-state index in [1.807, 2.05) is 0 Å². The molecule has 1 N–H and O–H groups in total. The van der Waals surface area contributed by atoms with Crippen molar-refractivity contribution in [1.29, 1.82) is 0 Å². The largest absolute Gasteiger partial charge is 0.466 e. The highest BCUT2D eigenvalue weighted by Crippen LogP contribution is 2.33. The van der Waals surface area contributed by atoms with Gasteiger partial charge in [0.25, 0.3) is 0 Å². The number of alkyl halides is 3. The summed E-state index contributed by atoms with van der Waals surface area (Å²) in [5.41, 5.74) is 0.263. The molecule has 0 aliphatic carbocycles. The quantitative estimate of drug-likeness (QED) is 0.838. The summed E-state index contributed by atoms with van der Waals surface area (Å²) in [6.07, 6.45) is -4.61. The fraction of sp³-hybridized carbons (Fsp3) is 0.333. The van der Waals surface area contributed by atoms with E-state index in [-0.39, 0.29) is 11.3 Å². The molecule has 0 aromatic heterocycles. The fourth-order valence-corrected chi connectivity index (χ4v) is 2.66. The van der Waals surface area contributed by atoms with Crippen LogP contribution in [0.5, 0.6) is 0 Å². The molecule has 0 saturated heterocycles. The van der Waals surface area contributed by atoms with Crippen LogP contribution in [0.4, 0.5) is 18.0 Å². The van der Waals surface area contributed by atoms with E-state index in [1.165, 1.54) is 13.0 Å². The predicted octanol–water partition coefficient (Wildman–Crippen LogP) is 3.42. The number of allylic oxidation sites excluding steroid dienone is 1. The van der Waals surface area contributed by atoms with Crippen molar-refractivity contribution in [2.24, 2.45) is 0 Å². The first-order valence-electron chi connectivity index (χ1n) is 6.83.